The molecule has 0 unspecified atom stereocenters. The van der Waals surface area contributed by atoms with Crippen molar-refractivity contribution in [2.75, 3.05) is 13.7 Å². The first-order valence-corrected chi connectivity index (χ1v) is 12.2. The van der Waals surface area contributed by atoms with E-state index in [0.717, 1.165) is 7.11 Å². The number of hydrogen-bond donors (Lipinski definition) is 1. The second-order valence-electron chi connectivity index (χ2n) is 9.74. The molecule has 0 saturated heterocycles. The monoisotopic (exact) mass is 541 g/mol. The van der Waals surface area contributed by atoms with Gasteiger partial charge in [0.05, 0.1) is 7.11 Å². The Balaban J connectivity index is 3.02. The molecule has 1 aromatic carbocycles. The summed E-state index contributed by atoms with van der Waals surface area (Å²) in [4.78, 5) is 48.2. The molecule has 0 radical (unpaired) electrons. The molecule has 2 atom stereocenters. The summed E-state index contributed by atoms with van der Waals surface area (Å²) in [7, 11) is 1.16. The third kappa shape index (κ3) is 11.7. The molecule has 0 spiro atoms. The summed E-state index contributed by atoms with van der Waals surface area (Å²) in [6.07, 6.45) is -2.58. The summed E-state index contributed by atoms with van der Waals surface area (Å²) >= 11 is 0. The van der Waals surface area contributed by atoms with Crippen molar-refractivity contribution in [1.29, 1.82) is 0 Å². The van der Waals surface area contributed by atoms with Crippen LogP contribution in [0.3, 0.4) is 0 Å². The van der Waals surface area contributed by atoms with E-state index in [1.165, 1.54) is 25.1 Å². The molecule has 0 aliphatic heterocycles. The minimum absolute atomic E-state index is 0.00940. The maximum absolute atomic E-state index is 12.4. The third-order valence-corrected chi connectivity index (χ3v) is 5.50. The van der Waals surface area contributed by atoms with Crippen molar-refractivity contribution >= 4 is 24.4 Å². The van der Waals surface area contributed by atoms with Crippen molar-refractivity contribution < 1.29 is 52.3 Å². The molecule has 0 bridgehead atoms. The fourth-order valence-corrected chi connectivity index (χ4v) is 2.55. The van der Waals surface area contributed by atoms with Crippen LogP contribution in [0.4, 0.5) is 14.4 Å². The Morgan fingerprint density at radius 3 is 1.89 bits per heavy atom. The molecule has 12 nitrogen and oxygen atoms in total. The van der Waals surface area contributed by atoms with E-state index in [2.05, 4.69) is 4.74 Å². The molecule has 38 heavy (non-hydrogen) atoms. The largest absolute Gasteiger partial charge is 0.514 e. The quantitative estimate of drug-likeness (QED) is 0.221. The topological polar surface area (TPSA) is 159 Å². The molecule has 1 aromatic rings. The number of methoxy groups -OCH3 is 1. The van der Waals surface area contributed by atoms with Crippen LogP contribution < -0.4 is 15.2 Å². The fourth-order valence-electron chi connectivity index (χ4n) is 2.55. The SMILES string of the molecule is CCC(C)(C)OC(=O)Oc1ccc(C[C@H](N)C(=O)OC[C@H](C)OC(=O)OC)cc1OC(=O)OC(C)(C)CC. The normalized spacial score (nSPS) is 13.0. The minimum atomic E-state index is -1.10. The summed E-state index contributed by atoms with van der Waals surface area (Å²) in [5.74, 6) is -0.976. The van der Waals surface area contributed by atoms with E-state index in [4.69, 9.17) is 34.2 Å². The van der Waals surface area contributed by atoms with Gasteiger partial charge in [0.1, 0.15) is 30.0 Å². The van der Waals surface area contributed by atoms with Gasteiger partial charge in [-0.3, -0.25) is 4.79 Å². The predicted octanol–water partition coefficient (Wildman–Crippen LogP) is 4.68. The average Bonchev–Trinajstić information content (AvgIpc) is 2.83. The Morgan fingerprint density at radius 1 is 0.868 bits per heavy atom. The van der Waals surface area contributed by atoms with E-state index in [1.807, 2.05) is 13.8 Å². The van der Waals surface area contributed by atoms with Gasteiger partial charge < -0.3 is 38.9 Å². The van der Waals surface area contributed by atoms with Gasteiger partial charge >= 0.3 is 24.4 Å². The van der Waals surface area contributed by atoms with E-state index < -0.39 is 47.8 Å². The zero-order valence-corrected chi connectivity index (χ0v) is 23.3. The summed E-state index contributed by atoms with van der Waals surface area (Å²) in [5, 5.41) is 0. The number of carbonyl (C=O) groups excluding carboxylic acids is 4. The lowest BCUT2D eigenvalue weighted by atomic mass is 10.1. The number of benzene rings is 1. The second kappa shape index (κ2) is 14.4. The third-order valence-electron chi connectivity index (χ3n) is 5.50. The maximum Gasteiger partial charge on any atom is 0.514 e. The zero-order valence-electron chi connectivity index (χ0n) is 23.3. The van der Waals surface area contributed by atoms with Crippen molar-refractivity contribution in [3.05, 3.63) is 23.8 Å². The van der Waals surface area contributed by atoms with Gasteiger partial charge in [-0.25, -0.2) is 14.4 Å². The lowest BCUT2D eigenvalue weighted by Gasteiger charge is -2.24. The van der Waals surface area contributed by atoms with E-state index in [1.54, 1.807) is 27.7 Å². The van der Waals surface area contributed by atoms with Gasteiger partial charge in [0, 0.05) is 0 Å². The minimum Gasteiger partial charge on any atom is -0.461 e. The highest BCUT2D eigenvalue weighted by molar-refractivity contribution is 5.76. The Kier molecular flexibility index (Phi) is 12.3. The Hall–Kier alpha value is -3.54. The summed E-state index contributed by atoms with van der Waals surface area (Å²) in [5.41, 5.74) is 4.89. The van der Waals surface area contributed by atoms with Crippen LogP contribution in [0.5, 0.6) is 11.5 Å². The Morgan fingerprint density at radius 2 is 1.39 bits per heavy atom. The van der Waals surface area contributed by atoms with Gasteiger partial charge in [-0.15, -0.1) is 0 Å². The average molecular weight is 542 g/mol. The summed E-state index contributed by atoms with van der Waals surface area (Å²) < 4.78 is 35.5. The van der Waals surface area contributed by atoms with Crippen LogP contribution >= 0.6 is 0 Å². The van der Waals surface area contributed by atoms with Crippen LogP contribution in [0.2, 0.25) is 0 Å². The molecule has 0 saturated carbocycles. The first kappa shape index (κ1) is 32.5. The van der Waals surface area contributed by atoms with Gasteiger partial charge in [0.25, 0.3) is 0 Å². The molecule has 1 rings (SSSR count). The van der Waals surface area contributed by atoms with E-state index >= 15 is 0 Å². The molecular formula is C26H39NO11. The molecule has 0 aromatic heterocycles. The standard InChI is InChI=1S/C26H39NO11/c1-9-25(4,5)37-23(30)35-19-12-11-17(14-20(19)36-24(31)38-26(6,7)10-2)13-18(27)21(28)33-15-16(3)34-22(29)32-8/h11-12,14,16,18H,9-10,13,15,27H2,1-8H3/t16-,18-/m0/s1. The van der Waals surface area contributed by atoms with Crippen molar-refractivity contribution in [1.82, 2.24) is 0 Å². The van der Waals surface area contributed by atoms with Crippen LogP contribution in [0.15, 0.2) is 18.2 Å². The van der Waals surface area contributed by atoms with Gasteiger partial charge in [-0.2, -0.15) is 0 Å². The second-order valence-corrected chi connectivity index (χ2v) is 9.74. The smallest absolute Gasteiger partial charge is 0.461 e. The molecule has 214 valence electrons. The van der Waals surface area contributed by atoms with Crippen molar-refractivity contribution in [2.45, 2.75) is 91.1 Å². The van der Waals surface area contributed by atoms with Gasteiger partial charge in [0.15, 0.2) is 11.5 Å². The summed E-state index contributed by atoms with van der Waals surface area (Å²) in [6.45, 7) is 11.9. The van der Waals surface area contributed by atoms with Crippen molar-refractivity contribution in [3.8, 4) is 11.5 Å². The predicted molar refractivity (Wildman–Crippen MR) is 135 cm³/mol. The van der Waals surface area contributed by atoms with Crippen LogP contribution in [0.25, 0.3) is 0 Å². The molecule has 0 fully saturated rings. The number of rotatable bonds is 12. The highest BCUT2D eigenvalue weighted by Gasteiger charge is 2.26. The van der Waals surface area contributed by atoms with Crippen molar-refractivity contribution in [2.24, 2.45) is 5.73 Å². The number of ether oxygens (including phenoxy) is 7. The summed E-state index contributed by atoms with van der Waals surface area (Å²) in [6, 6.07) is 3.22. The fraction of sp³-hybridized carbons (Fsp3) is 0.615. The number of carbonyl (C=O) groups is 4. The van der Waals surface area contributed by atoms with E-state index in [9.17, 15) is 19.2 Å². The molecular weight excluding hydrogens is 502 g/mol. The van der Waals surface area contributed by atoms with Gasteiger partial charge in [0.2, 0.25) is 0 Å². The lowest BCUT2D eigenvalue weighted by molar-refractivity contribution is -0.148. The van der Waals surface area contributed by atoms with Crippen LogP contribution in [-0.4, -0.2) is 61.5 Å². The molecule has 0 heterocycles. The Bertz CT molecular complexity index is 974. The van der Waals surface area contributed by atoms with Crippen molar-refractivity contribution in [3.63, 3.8) is 0 Å². The molecule has 0 amide bonds. The molecule has 0 aliphatic rings. The zero-order chi connectivity index (χ0) is 29.1. The molecule has 2 N–H and O–H groups in total. The van der Waals surface area contributed by atoms with Crippen LogP contribution in [0, 0.1) is 0 Å². The molecule has 0 aliphatic carbocycles. The maximum atomic E-state index is 12.4. The number of nitrogens with two attached hydrogens (primary N) is 1. The van der Waals surface area contributed by atoms with Crippen LogP contribution in [0.1, 0.15) is 66.9 Å². The first-order valence-electron chi connectivity index (χ1n) is 12.2. The Labute approximate surface area is 223 Å². The lowest BCUT2D eigenvalue weighted by Crippen LogP contribution is -2.36. The van der Waals surface area contributed by atoms with E-state index in [0.29, 0.717) is 18.4 Å². The van der Waals surface area contributed by atoms with E-state index in [-0.39, 0.29) is 24.5 Å². The van der Waals surface area contributed by atoms with Crippen LogP contribution in [-0.2, 0) is 34.9 Å². The highest BCUT2D eigenvalue weighted by Crippen LogP contribution is 2.31. The highest BCUT2D eigenvalue weighted by atomic mass is 16.8. The first-order chi connectivity index (χ1) is 17.6. The molecule has 12 heteroatoms. The number of esters is 1. The van der Waals surface area contributed by atoms with Gasteiger partial charge in [-0.1, -0.05) is 19.9 Å². The number of hydrogen-bond acceptors (Lipinski definition) is 12. The van der Waals surface area contributed by atoms with Gasteiger partial charge in [-0.05, 0) is 71.6 Å².